The molecule has 0 radical (unpaired) electrons. The third kappa shape index (κ3) is 2.68. The summed E-state index contributed by atoms with van der Waals surface area (Å²) < 4.78 is 25.4. The highest BCUT2D eigenvalue weighted by atomic mass is 16.7. The van der Waals surface area contributed by atoms with E-state index < -0.39 is 18.3 Å². The molecule has 1 fully saturated rings. The molecular formula is C25H22BNO4. The normalized spacial score (nSPS) is 17.9. The Kier molecular flexibility index (Phi) is 3.74. The van der Waals surface area contributed by atoms with Crippen molar-refractivity contribution in [3.63, 3.8) is 0 Å². The van der Waals surface area contributed by atoms with E-state index in [0.29, 0.717) is 17.0 Å². The molecule has 5 aromatic rings. The minimum Gasteiger partial charge on any atom is -0.456 e. The van der Waals surface area contributed by atoms with Crippen LogP contribution >= 0.6 is 0 Å². The average molecular weight is 411 g/mol. The first-order valence-electron chi connectivity index (χ1n) is 10.5. The van der Waals surface area contributed by atoms with Crippen LogP contribution in [0.3, 0.4) is 0 Å². The predicted octanol–water partition coefficient (Wildman–Crippen LogP) is 5.69. The van der Waals surface area contributed by atoms with Gasteiger partial charge in [-0.25, -0.2) is 4.98 Å². The Labute approximate surface area is 180 Å². The van der Waals surface area contributed by atoms with Crippen LogP contribution in [0.5, 0.6) is 0 Å². The first-order valence-corrected chi connectivity index (χ1v) is 10.5. The maximum atomic E-state index is 6.41. The van der Waals surface area contributed by atoms with Crippen LogP contribution < -0.4 is 5.46 Å². The minimum atomic E-state index is -0.620. The number of hydrogen-bond donors (Lipinski definition) is 0. The Bertz CT molecular complexity index is 1430. The van der Waals surface area contributed by atoms with E-state index >= 15 is 0 Å². The maximum Gasteiger partial charge on any atom is 0.501 e. The zero-order valence-corrected chi connectivity index (χ0v) is 17.9. The van der Waals surface area contributed by atoms with Crippen molar-refractivity contribution < 1.29 is 18.1 Å². The Morgan fingerprint density at radius 2 is 1.42 bits per heavy atom. The lowest BCUT2D eigenvalue weighted by Crippen LogP contribution is -2.41. The second-order valence-electron chi connectivity index (χ2n) is 9.09. The fourth-order valence-corrected chi connectivity index (χ4v) is 4.15. The van der Waals surface area contributed by atoms with Crippen LogP contribution in [0.4, 0.5) is 0 Å². The van der Waals surface area contributed by atoms with Gasteiger partial charge in [-0.15, -0.1) is 0 Å². The van der Waals surface area contributed by atoms with Crippen molar-refractivity contribution in [1.82, 2.24) is 4.98 Å². The molecule has 0 aliphatic carbocycles. The van der Waals surface area contributed by atoms with Crippen LogP contribution in [0.15, 0.2) is 69.5 Å². The lowest BCUT2D eigenvalue weighted by molar-refractivity contribution is 0.00578. The van der Waals surface area contributed by atoms with Gasteiger partial charge in [0.15, 0.2) is 5.58 Å². The van der Waals surface area contributed by atoms with E-state index in [9.17, 15) is 0 Å². The topological polar surface area (TPSA) is 57.6 Å². The summed E-state index contributed by atoms with van der Waals surface area (Å²) in [5.41, 5.74) is 3.64. The third-order valence-electron chi connectivity index (χ3n) is 6.57. The zero-order valence-electron chi connectivity index (χ0n) is 17.9. The molecule has 154 valence electrons. The molecule has 5 nitrogen and oxygen atoms in total. The molecule has 6 rings (SSSR count). The zero-order chi connectivity index (χ0) is 21.4. The number of aromatic nitrogens is 1. The van der Waals surface area contributed by atoms with Crippen molar-refractivity contribution in [2.24, 2.45) is 0 Å². The summed E-state index contributed by atoms with van der Waals surface area (Å²) in [5.74, 6) is 0.560. The van der Waals surface area contributed by atoms with Crippen LogP contribution in [0.25, 0.3) is 44.5 Å². The second kappa shape index (κ2) is 6.22. The van der Waals surface area contributed by atoms with Gasteiger partial charge in [-0.1, -0.05) is 36.4 Å². The van der Waals surface area contributed by atoms with Gasteiger partial charge in [-0.2, -0.15) is 0 Å². The molecule has 0 unspecified atom stereocenters. The highest BCUT2D eigenvalue weighted by Gasteiger charge is 2.53. The molecule has 2 aromatic heterocycles. The lowest BCUT2D eigenvalue weighted by Gasteiger charge is -2.32. The monoisotopic (exact) mass is 411 g/mol. The van der Waals surface area contributed by atoms with Crippen LogP contribution in [0, 0.1) is 0 Å². The molecule has 0 bridgehead atoms. The smallest absolute Gasteiger partial charge is 0.456 e. The van der Waals surface area contributed by atoms with E-state index in [2.05, 4.69) is 6.07 Å². The van der Waals surface area contributed by atoms with Gasteiger partial charge in [0.2, 0.25) is 5.89 Å². The molecule has 3 heterocycles. The van der Waals surface area contributed by atoms with Crippen molar-refractivity contribution in [3.05, 3.63) is 60.7 Å². The number of rotatable bonds is 2. The third-order valence-corrected chi connectivity index (χ3v) is 6.57. The Balaban J connectivity index is 1.67. The fourth-order valence-electron chi connectivity index (χ4n) is 4.15. The number of oxazole rings is 1. The molecule has 3 aromatic carbocycles. The summed E-state index contributed by atoms with van der Waals surface area (Å²) in [7, 11) is -0.620. The Morgan fingerprint density at radius 1 is 0.742 bits per heavy atom. The highest BCUT2D eigenvalue weighted by molar-refractivity contribution is 6.68. The maximum absolute atomic E-state index is 6.41. The molecule has 0 spiro atoms. The average Bonchev–Trinajstić information content (AvgIpc) is 3.38. The summed E-state index contributed by atoms with van der Waals surface area (Å²) in [4.78, 5) is 4.86. The standard InChI is InChI=1S/C25H22BNO4/c1-24(2)25(3,4)31-26(30-24)20-21-19(29-23(27-21)15-10-6-5-7-11-15)14-17-16-12-8-9-13-18(16)28-22(17)20/h5-14H,1-4H3. The van der Waals surface area contributed by atoms with Crippen molar-refractivity contribution in [2.75, 3.05) is 0 Å². The number of para-hydroxylation sites is 1. The van der Waals surface area contributed by atoms with Crippen LogP contribution in [-0.4, -0.2) is 23.3 Å². The molecule has 0 atom stereocenters. The quantitative estimate of drug-likeness (QED) is 0.349. The van der Waals surface area contributed by atoms with E-state index in [4.69, 9.17) is 23.1 Å². The molecule has 1 aliphatic rings. The van der Waals surface area contributed by atoms with E-state index in [1.165, 1.54) is 0 Å². The highest BCUT2D eigenvalue weighted by Crippen LogP contribution is 2.39. The number of nitrogens with zero attached hydrogens (tertiary/aromatic N) is 1. The van der Waals surface area contributed by atoms with Crippen LogP contribution in [-0.2, 0) is 9.31 Å². The van der Waals surface area contributed by atoms with Gasteiger partial charge >= 0.3 is 7.12 Å². The number of fused-ring (bicyclic) bond motifs is 4. The summed E-state index contributed by atoms with van der Waals surface area (Å²) in [6, 6.07) is 19.9. The van der Waals surface area contributed by atoms with Crippen molar-refractivity contribution in [1.29, 1.82) is 0 Å². The van der Waals surface area contributed by atoms with Crippen LogP contribution in [0.1, 0.15) is 27.7 Å². The largest absolute Gasteiger partial charge is 0.501 e. The number of furan rings is 1. The first-order chi connectivity index (χ1) is 14.8. The summed E-state index contributed by atoms with van der Waals surface area (Å²) >= 11 is 0. The first kappa shape index (κ1) is 18.7. The minimum absolute atomic E-state index is 0.482. The van der Waals surface area contributed by atoms with E-state index in [0.717, 1.165) is 33.0 Å². The van der Waals surface area contributed by atoms with Gasteiger partial charge in [-0.05, 0) is 52.0 Å². The SMILES string of the molecule is CC1(C)OB(c2c3nc(-c4ccccc4)oc3cc3c2oc2ccccc23)OC1(C)C. The van der Waals surface area contributed by atoms with Gasteiger partial charge in [0, 0.05) is 16.3 Å². The van der Waals surface area contributed by atoms with Gasteiger partial charge in [-0.3, -0.25) is 0 Å². The Morgan fingerprint density at radius 3 is 2.16 bits per heavy atom. The molecular weight excluding hydrogens is 389 g/mol. The Hall–Kier alpha value is -3.09. The summed E-state index contributed by atoms with van der Waals surface area (Å²) in [6.07, 6.45) is 0. The van der Waals surface area contributed by atoms with Gasteiger partial charge in [0.05, 0.1) is 16.7 Å². The number of hydrogen-bond acceptors (Lipinski definition) is 5. The second-order valence-corrected chi connectivity index (χ2v) is 9.09. The molecule has 31 heavy (non-hydrogen) atoms. The lowest BCUT2D eigenvalue weighted by atomic mass is 9.77. The fraction of sp³-hybridized carbons (Fsp3) is 0.240. The molecule has 0 amide bonds. The molecule has 6 heteroatoms. The van der Waals surface area contributed by atoms with Gasteiger partial charge in [0.25, 0.3) is 0 Å². The van der Waals surface area contributed by atoms with E-state index in [1.54, 1.807) is 0 Å². The van der Waals surface area contributed by atoms with Gasteiger partial charge < -0.3 is 18.1 Å². The molecule has 1 saturated heterocycles. The van der Waals surface area contributed by atoms with E-state index in [-0.39, 0.29) is 0 Å². The summed E-state index contributed by atoms with van der Waals surface area (Å²) in [6.45, 7) is 8.17. The molecule has 0 saturated carbocycles. The van der Waals surface area contributed by atoms with Crippen molar-refractivity contribution in [3.8, 4) is 11.5 Å². The predicted molar refractivity (Wildman–Crippen MR) is 122 cm³/mol. The van der Waals surface area contributed by atoms with E-state index in [1.807, 2.05) is 82.3 Å². The summed E-state index contributed by atoms with van der Waals surface area (Å²) in [5, 5.41) is 1.98. The van der Waals surface area contributed by atoms with Crippen LogP contribution in [0.2, 0.25) is 0 Å². The van der Waals surface area contributed by atoms with Gasteiger partial charge in [0.1, 0.15) is 16.7 Å². The van der Waals surface area contributed by atoms with Crippen molar-refractivity contribution >= 4 is 45.6 Å². The van der Waals surface area contributed by atoms with Crippen molar-refractivity contribution in [2.45, 2.75) is 38.9 Å². The number of benzene rings is 3. The molecule has 1 aliphatic heterocycles. The molecule has 0 N–H and O–H groups in total.